The van der Waals surface area contributed by atoms with Gasteiger partial charge in [0.2, 0.25) is 0 Å². The van der Waals surface area contributed by atoms with Gasteiger partial charge in [0.05, 0.1) is 12.1 Å². The number of benzene rings is 1. The van der Waals surface area contributed by atoms with Crippen LogP contribution in [-0.4, -0.2) is 43.7 Å². The highest BCUT2D eigenvalue weighted by Crippen LogP contribution is 2.42. The number of aromatic nitrogens is 4. The van der Waals surface area contributed by atoms with Crippen LogP contribution in [0.25, 0.3) is 5.52 Å². The minimum absolute atomic E-state index is 0.0477. The molecule has 1 aliphatic heterocycles. The van der Waals surface area contributed by atoms with Crippen LogP contribution < -0.4 is 5.56 Å². The SMILES string of the molecule is CC.Cc1ncc2c(=O)[nH]c(C3CN(Cc4ccccc4)CC3C(F)(F)F)nn12. The van der Waals surface area contributed by atoms with Gasteiger partial charge in [-0.3, -0.25) is 9.69 Å². The number of aryl methyl sites for hydroxylation is 1. The maximum Gasteiger partial charge on any atom is 0.393 e. The number of likely N-dealkylation sites (tertiary alicyclic amines) is 1. The van der Waals surface area contributed by atoms with Crippen molar-refractivity contribution >= 4 is 5.52 Å². The fourth-order valence-electron chi connectivity index (χ4n) is 3.66. The maximum atomic E-state index is 13.7. The van der Waals surface area contributed by atoms with E-state index in [0.29, 0.717) is 12.4 Å². The molecule has 3 heterocycles. The Morgan fingerprint density at radius 2 is 1.86 bits per heavy atom. The molecule has 2 unspecified atom stereocenters. The molecule has 0 radical (unpaired) electrons. The lowest BCUT2D eigenvalue weighted by atomic mass is 9.95. The van der Waals surface area contributed by atoms with Crippen molar-refractivity contribution in [3.8, 4) is 0 Å². The third-order valence-electron chi connectivity index (χ3n) is 5.01. The van der Waals surface area contributed by atoms with Gasteiger partial charge in [0, 0.05) is 25.6 Å². The fraction of sp³-hybridized carbons (Fsp3) is 0.450. The molecule has 3 aromatic rings. The van der Waals surface area contributed by atoms with Crippen molar-refractivity contribution in [2.45, 2.75) is 39.4 Å². The molecular formula is C20H24F3N5O. The first-order valence-electron chi connectivity index (χ1n) is 9.60. The van der Waals surface area contributed by atoms with Crippen LogP contribution in [0.2, 0.25) is 0 Å². The van der Waals surface area contributed by atoms with Gasteiger partial charge in [0.15, 0.2) is 5.52 Å². The Bertz CT molecular complexity index is 1010. The molecule has 0 aliphatic carbocycles. The van der Waals surface area contributed by atoms with Crippen LogP contribution in [-0.2, 0) is 6.54 Å². The summed E-state index contributed by atoms with van der Waals surface area (Å²) in [5, 5.41) is 4.25. The lowest BCUT2D eigenvalue weighted by molar-refractivity contribution is -0.174. The van der Waals surface area contributed by atoms with Gasteiger partial charge in [0.1, 0.15) is 11.6 Å². The maximum absolute atomic E-state index is 13.7. The first-order valence-corrected chi connectivity index (χ1v) is 9.60. The van der Waals surface area contributed by atoms with Crippen molar-refractivity contribution in [3.63, 3.8) is 0 Å². The zero-order valence-corrected chi connectivity index (χ0v) is 16.6. The molecule has 9 heteroatoms. The normalized spacial score (nSPS) is 19.9. The van der Waals surface area contributed by atoms with E-state index < -0.39 is 23.6 Å². The lowest BCUT2D eigenvalue weighted by Crippen LogP contribution is -2.31. The average molecular weight is 407 g/mol. The molecule has 1 fully saturated rings. The number of H-pyrrole nitrogens is 1. The predicted octanol–water partition coefficient (Wildman–Crippen LogP) is 3.53. The number of alkyl halides is 3. The number of imidazole rings is 1. The van der Waals surface area contributed by atoms with Gasteiger partial charge in [-0.2, -0.15) is 18.3 Å². The van der Waals surface area contributed by atoms with Gasteiger partial charge in [-0.25, -0.2) is 9.50 Å². The van der Waals surface area contributed by atoms with Crippen LogP contribution >= 0.6 is 0 Å². The molecule has 0 bridgehead atoms. The summed E-state index contributed by atoms with van der Waals surface area (Å²) in [5.41, 5.74) is 0.684. The number of hydrogen-bond acceptors (Lipinski definition) is 4. The van der Waals surface area contributed by atoms with Crippen LogP contribution in [0.1, 0.15) is 37.0 Å². The van der Waals surface area contributed by atoms with E-state index in [2.05, 4.69) is 15.1 Å². The van der Waals surface area contributed by atoms with Crippen molar-refractivity contribution in [2.75, 3.05) is 13.1 Å². The molecule has 2 atom stereocenters. The first-order chi connectivity index (χ1) is 13.8. The van der Waals surface area contributed by atoms with E-state index in [1.54, 1.807) is 11.8 Å². The van der Waals surface area contributed by atoms with Crippen LogP contribution in [0, 0.1) is 12.8 Å². The molecule has 1 aliphatic rings. The number of rotatable bonds is 3. The average Bonchev–Trinajstić information content (AvgIpc) is 3.29. The molecular weight excluding hydrogens is 383 g/mol. The second kappa shape index (κ2) is 8.36. The van der Waals surface area contributed by atoms with Gasteiger partial charge < -0.3 is 4.98 Å². The van der Waals surface area contributed by atoms with Crippen molar-refractivity contribution in [3.05, 3.63) is 64.1 Å². The molecule has 29 heavy (non-hydrogen) atoms. The Balaban J connectivity index is 0.00000117. The minimum atomic E-state index is -4.38. The van der Waals surface area contributed by atoms with E-state index in [-0.39, 0.29) is 24.4 Å². The molecule has 2 aromatic heterocycles. The van der Waals surface area contributed by atoms with E-state index in [1.165, 1.54) is 10.7 Å². The third kappa shape index (κ3) is 4.34. The number of nitrogens with zero attached hydrogens (tertiary/aromatic N) is 4. The Kier molecular flexibility index (Phi) is 6.07. The van der Waals surface area contributed by atoms with Gasteiger partial charge >= 0.3 is 6.18 Å². The van der Waals surface area contributed by atoms with Gasteiger partial charge in [-0.15, -0.1) is 0 Å². The molecule has 0 saturated carbocycles. The van der Waals surface area contributed by atoms with Gasteiger partial charge in [0.25, 0.3) is 5.56 Å². The molecule has 0 spiro atoms. The molecule has 1 N–H and O–H groups in total. The summed E-state index contributed by atoms with van der Waals surface area (Å²) in [6.45, 7) is 6.11. The summed E-state index contributed by atoms with van der Waals surface area (Å²) in [6.07, 6.45) is -3.02. The second-order valence-corrected chi connectivity index (χ2v) is 6.88. The zero-order chi connectivity index (χ0) is 21.2. The summed E-state index contributed by atoms with van der Waals surface area (Å²) in [7, 11) is 0. The number of aromatic amines is 1. The summed E-state index contributed by atoms with van der Waals surface area (Å²) in [5.74, 6) is -2.02. The summed E-state index contributed by atoms with van der Waals surface area (Å²) in [4.78, 5) is 20.5. The standard InChI is InChI=1S/C18H18F3N5O.C2H6/c1-11-22-7-15-17(27)23-16(24-26(11)15)13-9-25(10-14(13)18(19,20)21)8-12-5-3-2-4-6-12;1-2/h2-7,13-14H,8-10H2,1H3,(H,23,24,27);1-2H3. The summed E-state index contributed by atoms with van der Waals surface area (Å²) >= 11 is 0. The Hall–Kier alpha value is -2.68. The summed E-state index contributed by atoms with van der Waals surface area (Å²) in [6, 6.07) is 9.36. The highest BCUT2D eigenvalue weighted by Gasteiger charge is 2.51. The highest BCUT2D eigenvalue weighted by atomic mass is 19.4. The van der Waals surface area contributed by atoms with Crippen molar-refractivity contribution in [1.82, 2.24) is 24.5 Å². The Morgan fingerprint density at radius 3 is 2.52 bits per heavy atom. The number of hydrogen-bond donors (Lipinski definition) is 1. The molecule has 1 aromatic carbocycles. The highest BCUT2D eigenvalue weighted by molar-refractivity contribution is 5.41. The number of nitrogens with one attached hydrogen (secondary N) is 1. The second-order valence-electron chi connectivity index (χ2n) is 6.88. The predicted molar refractivity (Wildman–Crippen MR) is 104 cm³/mol. The van der Waals surface area contributed by atoms with Gasteiger partial charge in [-0.1, -0.05) is 44.2 Å². The van der Waals surface area contributed by atoms with Crippen molar-refractivity contribution in [2.24, 2.45) is 5.92 Å². The number of fused-ring (bicyclic) bond motifs is 1. The minimum Gasteiger partial charge on any atom is -0.307 e. The van der Waals surface area contributed by atoms with E-state index in [0.717, 1.165) is 5.56 Å². The van der Waals surface area contributed by atoms with Crippen LogP contribution in [0.4, 0.5) is 13.2 Å². The molecule has 1 saturated heterocycles. The van der Waals surface area contributed by atoms with E-state index >= 15 is 0 Å². The summed E-state index contributed by atoms with van der Waals surface area (Å²) < 4.78 is 42.3. The lowest BCUT2D eigenvalue weighted by Gasteiger charge is -2.20. The zero-order valence-electron chi connectivity index (χ0n) is 16.6. The quantitative estimate of drug-likeness (QED) is 0.721. The van der Waals surface area contributed by atoms with Crippen LogP contribution in [0.15, 0.2) is 41.3 Å². The van der Waals surface area contributed by atoms with E-state index in [4.69, 9.17) is 0 Å². The van der Waals surface area contributed by atoms with Crippen LogP contribution in [0.5, 0.6) is 0 Å². The smallest absolute Gasteiger partial charge is 0.307 e. The van der Waals surface area contributed by atoms with E-state index in [9.17, 15) is 18.0 Å². The molecule has 0 amide bonds. The van der Waals surface area contributed by atoms with Gasteiger partial charge in [-0.05, 0) is 12.5 Å². The van der Waals surface area contributed by atoms with E-state index in [1.807, 2.05) is 44.2 Å². The molecule has 6 nitrogen and oxygen atoms in total. The Labute approximate surface area is 166 Å². The molecule has 4 rings (SSSR count). The van der Waals surface area contributed by atoms with Crippen LogP contribution in [0.3, 0.4) is 0 Å². The third-order valence-corrected chi connectivity index (χ3v) is 5.01. The monoisotopic (exact) mass is 407 g/mol. The van der Waals surface area contributed by atoms with Crippen molar-refractivity contribution < 1.29 is 13.2 Å². The van der Waals surface area contributed by atoms with Crippen molar-refractivity contribution in [1.29, 1.82) is 0 Å². The molecule has 156 valence electrons. The topological polar surface area (TPSA) is 66.3 Å². The Morgan fingerprint density at radius 1 is 1.17 bits per heavy atom. The number of halogens is 3. The fourth-order valence-corrected chi connectivity index (χ4v) is 3.66. The largest absolute Gasteiger partial charge is 0.393 e. The first kappa shape index (κ1) is 21.0.